The topological polar surface area (TPSA) is 32.7 Å². The normalized spacial score (nSPS) is 19.9. The predicted octanol–water partition coefficient (Wildman–Crippen LogP) is 2.76. The van der Waals surface area contributed by atoms with Crippen molar-refractivity contribution in [1.29, 1.82) is 0 Å². The molecule has 0 bridgehead atoms. The molecule has 0 aromatic carbocycles. The Labute approximate surface area is 103 Å². The lowest BCUT2D eigenvalue weighted by atomic mass is 10.1. The van der Waals surface area contributed by atoms with Crippen molar-refractivity contribution < 1.29 is 4.79 Å². The van der Waals surface area contributed by atoms with Crippen molar-refractivity contribution in [3.05, 3.63) is 0 Å². The maximum absolute atomic E-state index is 11.7. The fourth-order valence-corrected chi connectivity index (χ4v) is 2.74. The lowest BCUT2D eigenvalue weighted by Gasteiger charge is -2.32. The molecule has 1 rings (SSSR count). The summed E-state index contributed by atoms with van der Waals surface area (Å²) in [4.78, 5) is 18.1. The molecule has 16 heavy (non-hydrogen) atoms. The molecule has 92 valence electrons. The van der Waals surface area contributed by atoms with Crippen molar-refractivity contribution >= 4 is 22.8 Å². The first-order valence-electron chi connectivity index (χ1n) is 6.01. The number of amidine groups is 1. The number of carbonyl (C=O) groups is 1. The Kier molecular flexibility index (Phi) is 5.32. The monoisotopic (exact) mass is 242 g/mol. The van der Waals surface area contributed by atoms with Crippen molar-refractivity contribution in [1.82, 2.24) is 4.90 Å². The number of thioether (sulfide) groups is 1. The van der Waals surface area contributed by atoms with Gasteiger partial charge in [-0.1, -0.05) is 25.6 Å². The zero-order valence-electron chi connectivity index (χ0n) is 10.7. The Morgan fingerprint density at radius 2 is 2.12 bits per heavy atom. The molecule has 1 saturated heterocycles. The molecule has 3 nitrogen and oxygen atoms in total. The van der Waals surface area contributed by atoms with E-state index >= 15 is 0 Å². The van der Waals surface area contributed by atoms with E-state index in [1.165, 1.54) is 6.42 Å². The molecule has 0 aromatic heterocycles. The molecule has 1 amide bonds. The highest BCUT2D eigenvalue weighted by Gasteiger charge is 2.20. The largest absolute Gasteiger partial charge is 0.349 e. The average Bonchev–Trinajstić information content (AvgIpc) is 2.16. The minimum atomic E-state index is 0.0186. The van der Waals surface area contributed by atoms with Gasteiger partial charge in [0.2, 0.25) is 5.91 Å². The highest BCUT2D eigenvalue weighted by atomic mass is 32.2. The molecule has 0 N–H and O–H groups in total. The number of rotatable bonds is 3. The van der Waals surface area contributed by atoms with E-state index in [1.807, 2.05) is 13.8 Å². The SMILES string of the molecule is CC(C)CC(=O)N=C1SCCCN1C(C)C. The van der Waals surface area contributed by atoms with E-state index in [0.717, 1.165) is 17.5 Å². The summed E-state index contributed by atoms with van der Waals surface area (Å²) >= 11 is 1.71. The van der Waals surface area contributed by atoms with E-state index in [9.17, 15) is 4.79 Å². The van der Waals surface area contributed by atoms with Crippen molar-refractivity contribution in [2.75, 3.05) is 12.3 Å². The third-order valence-corrected chi connectivity index (χ3v) is 3.52. The highest BCUT2D eigenvalue weighted by molar-refractivity contribution is 8.13. The second-order valence-electron chi connectivity index (χ2n) is 4.88. The van der Waals surface area contributed by atoms with E-state index in [2.05, 4.69) is 23.7 Å². The summed E-state index contributed by atoms with van der Waals surface area (Å²) in [5.41, 5.74) is 0. The second-order valence-corrected chi connectivity index (χ2v) is 5.94. The second kappa shape index (κ2) is 6.28. The minimum absolute atomic E-state index is 0.0186. The van der Waals surface area contributed by atoms with Crippen LogP contribution in [0.1, 0.15) is 40.5 Å². The molecule has 1 heterocycles. The molecular formula is C12H22N2OS. The molecule has 0 saturated carbocycles. The van der Waals surface area contributed by atoms with Crippen molar-refractivity contribution in [2.24, 2.45) is 10.9 Å². The summed E-state index contributed by atoms with van der Waals surface area (Å²) in [5, 5.41) is 0.923. The number of carbonyl (C=O) groups excluding carboxylic acids is 1. The van der Waals surface area contributed by atoms with Crippen LogP contribution >= 0.6 is 11.8 Å². The molecule has 1 aliphatic heterocycles. The van der Waals surface area contributed by atoms with Crippen LogP contribution in [0.2, 0.25) is 0 Å². The molecule has 1 aliphatic rings. The van der Waals surface area contributed by atoms with Gasteiger partial charge in [0.25, 0.3) is 0 Å². The molecule has 4 heteroatoms. The van der Waals surface area contributed by atoms with Crippen LogP contribution in [0.3, 0.4) is 0 Å². The first-order chi connectivity index (χ1) is 7.50. The van der Waals surface area contributed by atoms with Crippen LogP contribution in [0.25, 0.3) is 0 Å². The van der Waals surface area contributed by atoms with Crippen molar-refractivity contribution in [3.63, 3.8) is 0 Å². The Hall–Kier alpha value is -0.510. The molecule has 1 fully saturated rings. The summed E-state index contributed by atoms with van der Waals surface area (Å²) in [5.74, 6) is 1.49. The predicted molar refractivity (Wildman–Crippen MR) is 70.8 cm³/mol. The molecule has 0 atom stereocenters. The van der Waals surface area contributed by atoms with Gasteiger partial charge in [0.15, 0.2) is 5.17 Å². The van der Waals surface area contributed by atoms with Gasteiger partial charge < -0.3 is 4.90 Å². The molecule has 0 aliphatic carbocycles. The first-order valence-corrected chi connectivity index (χ1v) is 7.00. The quantitative estimate of drug-likeness (QED) is 0.763. The highest BCUT2D eigenvalue weighted by Crippen LogP contribution is 2.20. The van der Waals surface area contributed by atoms with Gasteiger partial charge in [-0.3, -0.25) is 4.79 Å². The van der Waals surface area contributed by atoms with Gasteiger partial charge in [-0.25, -0.2) is 0 Å². The number of amides is 1. The Balaban J connectivity index is 2.67. The lowest BCUT2D eigenvalue weighted by Crippen LogP contribution is -2.39. The zero-order chi connectivity index (χ0) is 12.1. The lowest BCUT2D eigenvalue weighted by molar-refractivity contribution is -0.118. The van der Waals surface area contributed by atoms with Gasteiger partial charge in [0, 0.05) is 24.8 Å². The standard InChI is InChI=1S/C12H22N2OS/c1-9(2)8-11(15)13-12-14(10(3)4)6-5-7-16-12/h9-10H,5-8H2,1-4H3. The van der Waals surface area contributed by atoms with Crippen LogP contribution in [-0.2, 0) is 4.79 Å². The van der Waals surface area contributed by atoms with Crippen LogP contribution in [0.4, 0.5) is 0 Å². The summed E-state index contributed by atoms with van der Waals surface area (Å²) in [6.45, 7) is 9.42. The summed E-state index contributed by atoms with van der Waals surface area (Å²) in [7, 11) is 0. The molecular weight excluding hydrogens is 220 g/mol. The van der Waals surface area contributed by atoms with Gasteiger partial charge >= 0.3 is 0 Å². The van der Waals surface area contributed by atoms with Gasteiger partial charge in [-0.15, -0.1) is 0 Å². The summed E-state index contributed by atoms with van der Waals surface area (Å²) in [6, 6.07) is 0.429. The minimum Gasteiger partial charge on any atom is -0.349 e. The maximum atomic E-state index is 11.7. The van der Waals surface area contributed by atoms with Gasteiger partial charge in [0.05, 0.1) is 0 Å². The van der Waals surface area contributed by atoms with Gasteiger partial charge in [-0.05, 0) is 26.2 Å². The van der Waals surface area contributed by atoms with Gasteiger partial charge in [-0.2, -0.15) is 4.99 Å². The maximum Gasteiger partial charge on any atom is 0.248 e. The van der Waals surface area contributed by atoms with Crippen LogP contribution in [0.15, 0.2) is 4.99 Å². The van der Waals surface area contributed by atoms with E-state index in [0.29, 0.717) is 18.4 Å². The zero-order valence-corrected chi connectivity index (χ0v) is 11.5. The molecule has 0 unspecified atom stereocenters. The van der Waals surface area contributed by atoms with Crippen LogP contribution in [0.5, 0.6) is 0 Å². The summed E-state index contributed by atoms with van der Waals surface area (Å²) < 4.78 is 0. The van der Waals surface area contributed by atoms with Crippen molar-refractivity contribution in [2.45, 2.75) is 46.6 Å². The molecule has 0 spiro atoms. The van der Waals surface area contributed by atoms with Crippen LogP contribution in [-0.4, -0.2) is 34.3 Å². The Bertz CT molecular complexity index is 274. The Morgan fingerprint density at radius 3 is 2.69 bits per heavy atom. The summed E-state index contributed by atoms with van der Waals surface area (Å²) in [6.07, 6.45) is 1.73. The first kappa shape index (κ1) is 13.6. The van der Waals surface area contributed by atoms with E-state index in [1.54, 1.807) is 11.8 Å². The van der Waals surface area contributed by atoms with E-state index < -0.39 is 0 Å². The van der Waals surface area contributed by atoms with Gasteiger partial charge in [0.1, 0.15) is 0 Å². The van der Waals surface area contributed by atoms with Crippen LogP contribution < -0.4 is 0 Å². The number of hydrogen-bond donors (Lipinski definition) is 0. The third-order valence-electron chi connectivity index (χ3n) is 2.45. The Morgan fingerprint density at radius 1 is 1.44 bits per heavy atom. The average molecular weight is 242 g/mol. The van der Waals surface area contributed by atoms with E-state index in [4.69, 9.17) is 0 Å². The third kappa shape index (κ3) is 4.16. The molecule has 0 aromatic rings. The molecule has 0 radical (unpaired) electrons. The number of hydrogen-bond acceptors (Lipinski definition) is 2. The van der Waals surface area contributed by atoms with E-state index in [-0.39, 0.29) is 5.91 Å². The fourth-order valence-electron chi connectivity index (χ4n) is 1.65. The van der Waals surface area contributed by atoms with Crippen molar-refractivity contribution in [3.8, 4) is 0 Å². The van der Waals surface area contributed by atoms with Crippen LogP contribution in [0, 0.1) is 5.92 Å². The number of aliphatic imine (C=N–C) groups is 1. The fraction of sp³-hybridized carbons (Fsp3) is 0.833. The smallest absolute Gasteiger partial charge is 0.248 e. The number of nitrogens with zero attached hydrogens (tertiary/aromatic N) is 2.